The summed E-state index contributed by atoms with van der Waals surface area (Å²) in [6.45, 7) is 1.80. The number of nitrogens with one attached hydrogen (secondary N) is 1. The highest BCUT2D eigenvalue weighted by molar-refractivity contribution is 7.99. The highest BCUT2D eigenvalue weighted by Gasteiger charge is 2.23. The molecule has 3 aromatic heterocycles. The van der Waals surface area contributed by atoms with Crippen LogP contribution in [-0.2, 0) is 17.6 Å². The third-order valence-electron chi connectivity index (χ3n) is 5.80. The predicted molar refractivity (Wildman–Crippen MR) is 142 cm³/mol. The van der Waals surface area contributed by atoms with Gasteiger partial charge in [-0.2, -0.15) is 5.10 Å². The number of hydrogen-bond acceptors (Lipinski definition) is 7. The van der Waals surface area contributed by atoms with E-state index < -0.39 is 0 Å². The second-order valence-corrected chi connectivity index (χ2v) is 10.6. The lowest BCUT2D eigenvalue weighted by molar-refractivity contribution is -0.118. The van der Waals surface area contributed by atoms with Gasteiger partial charge in [-0.1, -0.05) is 29.4 Å². The van der Waals surface area contributed by atoms with Crippen LogP contribution in [0.15, 0.2) is 63.8 Å². The van der Waals surface area contributed by atoms with E-state index in [1.54, 1.807) is 59.5 Å². The summed E-state index contributed by atoms with van der Waals surface area (Å²) in [6.07, 6.45) is 7.46. The van der Waals surface area contributed by atoms with E-state index in [4.69, 9.17) is 16.6 Å². The van der Waals surface area contributed by atoms with Crippen LogP contribution in [0.5, 0.6) is 0 Å². The first-order valence-corrected chi connectivity index (χ1v) is 13.4. The molecule has 0 aliphatic heterocycles. The molecule has 7 nitrogen and oxygen atoms in total. The van der Waals surface area contributed by atoms with E-state index >= 15 is 0 Å². The zero-order valence-electron chi connectivity index (χ0n) is 19.0. The van der Waals surface area contributed by atoms with Crippen LogP contribution in [0.3, 0.4) is 0 Å². The van der Waals surface area contributed by atoms with E-state index in [1.807, 2.05) is 12.1 Å². The van der Waals surface area contributed by atoms with Gasteiger partial charge in [-0.05, 0) is 68.5 Å². The highest BCUT2D eigenvalue weighted by atomic mass is 35.5. The number of thiophene rings is 1. The standard InChI is InChI=1S/C25H22ClN5O2S2/c1-15(16-5-4-12-27-13-16)29-30-21(32)14-34-25-28-23-22(19-6-2-3-7-20(19)35-23)24(33)31(25)18-10-8-17(26)9-11-18/h4-5,8-13H,2-3,6-7,14H2,1H3,(H,30,32). The number of amides is 1. The summed E-state index contributed by atoms with van der Waals surface area (Å²) in [5.74, 6) is -0.235. The van der Waals surface area contributed by atoms with Crippen molar-refractivity contribution < 1.29 is 4.79 Å². The molecule has 35 heavy (non-hydrogen) atoms. The minimum absolute atomic E-state index is 0.0560. The number of halogens is 1. The summed E-state index contributed by atoms with van der Waals surface area (Å²) < 4.78 is 1.59. The molecule has 1 N–H and O–H groups in total. The number of aryl methyl sites for hydroxylation is 2. The summed E-state index contributed by atoms with van der Waals surface area (Å²) in [5.41, 5.74) is 5.74. The SMILES string of the molecule is CC(=NNC(=O)CSc1nc2sc3c(c2c(=O)n1-c1ccc(Cl)cc1)CCCC3)c1cccnc1. The molecular formula is C25H22ClN5O2S2. The molecule has 4 aromatic rings. The summed E-state index contributed by atoms with van der Waals surface area (Å²) in [4.78, 5) is 37.2. The fourth-order valence-electron chi connectivity index (χ4n) is 4.05. The van der Waals surface area contributed by atoms with Crippen molar-refractivity contribution in [3.8, 4) is 5.69 Å². The molecule has 1 amide bonds. The quantitative estimate of drug-likeness (QED) is 0.166. The molecule has 178 valence electrons. The molecule has 3 heterocycles. The van der Waals surface area contributed by atoms with Crippen LogP contribution in [0.2, 0.25) is 5.02 Å². The number of pyridine rings is 1. The molecule has 0 radical (unpaired) electrons. The number of hydrazone groups is 1. The molecule has 0 spiro atoms. The molecule has 1 aromatic carbocycles. The smallest absolute Gasteiger partial charge is 0.267 e. The van der Waals surface area contributed by atoms with Crippen LogP contribution in [0.1, 0.15) is 35.8 Å². The van der Waals surface area contributed by atoms with E-state index in [1.165, 1.54) is 16.6 Å². The Hall–Kier alpha value is -3.01. The van der Waals surface area contributed by atoms with Gasteiger partial charge in [0, 0.05) is 27.9 Å². The van der Waals surface area contributed by atoms with E-state index in [9.17, 15) is 9.59 Å². The number of thioether (sulfide) groups is 1. The van der Waals surface area contributed by atoms with Gasteiger partial charge in [0.25, 0.3) is 11.5 Å². The molecule has 10 heteroatoms. The van der Waals surface area contributed by atoms with Crippen molar-refractivity contribution in [1.29, 1.82) is 0 Å². The van der Waals surface area contributed by atoms with Gasteiger partial charge in [0.2, 0.25) is 0 Å². The normalized spacial score (nSPS) is 13.6. The number of hydrogen-bond donors (Lipinski definition) is 1. The first kappa shape index (κ1) is 23.7. The lowest BCUT2D eigenvalue weighted by Gasteiger charge is -2.13. The van der Waals surface area contributed by atoms with Crippen LogP contribution < -0.4 is 11.0 Å². The number of rotatable bonds is 6. The molecule has 0 fully saturated rings. The number of carbonyl (C=O) groups excluding carboxylic acids is 1. The summed E-state index contributed by atoms with van der Waals surface area (Å²) in [6, 6.07) is 10.8. The van der Waals surface area contributed by atoms with Gasteiger partial charge in [-0.15, -0.1) is 11.3 Å². The fourth-order valence-corrected chi connectivity index (χ4v) is 6.28. The first-order valence-electron chi connectivity index (χ1n) is 11.2. The summed E-state index contributed by atoms with van der Waals surface area (Å²) in [5, 5.41) is 5.92. The second-order valence-electron chi connectivity index (χ2n) is 8.16. The first-order chi connectivity index (χ1) is 17.0. The van der Waals surface area contributed by atoms with Gasteiger partial charge < -0.3 is 0 Å². The van der Waals surface area contributed by atoms with Crippen LogP contribution in [-0.4, -0.2) is 31.9 Å². The predicted octanol–water partition coefficient (Wildman–Crippen LogP) is 5.01. The molecule has 1 aliphatic rings. The number of benzene rings is 1. The zero-order chi connectivity index (χ0) is 24.4. The minimum Gasteiger partial charge on any atom is -0.272 e. The van der Waals surface area contributed by atoms with Crippen molar-refractivity contribution in [3.63, 3.8) is 0 Å². The number of nitrogens with zero attached hydrogens (tertiary/aromatic N) is 4. The van der Waals surface area contributed by atoms with Crippen molar-refractivity contribution in [2.24, 2.45) is 5.10 Å². The van der Waals surface area contributed by atoms with E-state index in [2.05, 4.69) is 15.5 Å². The molecular weight excluding hydrogens is 502 g/mol. The summed E-state index contributed by atoms with van der Waals surface area (Å²) in [7, 11) is 0. The monoisotopic (exact) mass is 523 g/mol. The Bertz CT molecular complexity index is 1480. The maximum Gasteiger partial charge on any atom is 0.267 e. The largest absolute Gasteiger partial charge is 0.272 e. The van der Waals surface area contributed by atoms with Gasteiger partial charge in [-0.25, -0.2) is 10.4 Å². The van der Waals surface area contributed by atoms with Crippen molar-refractivity contribution in [1.82, 2.24) is 20.0 Å². The van der Waals surface area contributed by atoms with Crippen molar-refractivity contribution in [3.05, 3.63) is 80.2 Å². The van der Waals surface area contributed by atoms with Gasteiger partial charge in [0.1, 0.15) is 4.83 Å². The Labute approximate surface area is 215 Å². The average Bonchev–Trinajstić information content (AvgIpc) is 3.26. The zero-order valence-corrected chi connectivity index (χ0v) is 21.3. The molecule has 5 rings (SSSR count). The maximum absolute atomic E-state index is 13.7. The molecule has 0 bridgehead atoms. The third-order valence-corrected chi connectivity index (χ3v) is 8.18. The van der Waals surface area contributed by atoms with Gasteiger partial charge in [0.15, 0.2) is 5.16 Å². The number of aromatic nitrogens is 3. The Morgan fingerprint density at radius 2 is 2.03 bits per heavy atom. The fraction of sp³-hybridized carbons (Fsp3) is 0.240. The molecule has 0 saturated carbocycles. The lowest BCUT2D eigenvalue weighted by atomic mass is 9.97. The maximum atomic E-state index is 13.7. The van der Waals surface area contributed by atoms with Crippen molar-refractivity contribution in [2.75, 3.05) is 5.75 Å². The van der Waals surface area contributed by atoms with Crippen molar-refractivity contribution >= 4 is 56.5 Å². The molecule has 0 unspecified atom stereocenters. The average molecular weight is 524 g/mol. The van der Waals surface area contributed by atoms with Crippen LogP contribution in [0, 0.1) is 0 Å². The van der Waals surface area contributed by atoms with Gasteiger partial charge >= 0.3 is 0 Å². The van der Waals surface area contributed by atoms with E-state index in [-0.39, 0.29) is 17.2 Å². The Kier molecular flexibility index (Phi) is 6.99. The number of fused-ring (bicyclic) bond motifs is 3. The molecule has 1 aliphatic carbocycles. The van der Waals surface area contributed by atoms with Crippen LogP contribution in [0.4, 0.5) is 0 Å². The van der Waals surface area contributed by atoms with Crippen molar-refractivity contribution in [2.45, 2.75) is 37.8 Å². The van der Waals surface area contributed by atoms with E-state index in [0.717, 1.165) is 41.6 Å². The minimum atomic E-state index is -0.291. The van der Waals surface area contributed by atoms with Crippen LogP contribution >= 0.6 is 34.7 Å². The Morgan fingerprint density at radius 1 is 1.23 bits per heavy atom. The molecule has 0 atom stereocenters. The third kappa shape index (κ3) is 5.03. The highest BCUT2D eigenvalue weighted by Crippen LogP contribution is 2.35. The topological polar surface area (TPSA) is 89.2 Å². The Balaban J connectivity index is 1.45. The van der Waals surface area contributed by atoms with Gasteiger partial charge in [0.05, 0.1) is 22.5 Å². The lowest BCUT2D eigenvalue weighted by Crippen LogP contribution is -2.24. The second kappa shape index (κ2) is 10.3. The molecule has 0 saturated heterocycles. The summed E-state index contributed by atoms with van der Waals surface area (Å²) >= 11 is 8.88. The van der Waals surface area contributed by atoms with Crippen LogP contribution in [0.25, 0.3) is 15.9 Å². The number of carbonyl (C=O) groups is 1. The van der Waals surface area contributed by atoms with E-state index in [0.29, 0.717) is 27.0 Å². The van der Waals surface area contributed by atoms with Gasteiger partial charge in [-0.3, -0.25) is 19.1 Å². The Morgan fingerprint density at radius 3 is 2.80 bits per heavy atom.